The number of H-pyrrole nitrogens is 1. The Hall–Kier alpha value is -2.07. The van der Waals surface area contributed by atoms with E-state index in [1.165, 1.54) is 0 Å². The number of nitrogens with two attached hydrogens (primary N) is 1. The van der Waals surface area contributed by atoms with Crippen LogP contribution < -0.4 is 11.1 Å². The summed E-state index contributed by atoms with van der Waals surface area (Å²) < 4.78 is 0. The van der Waals surface area contributed by atoms with E-state index in [4.69, 9.17) is 5.73 Å². The number of carbonyl (C=O) groups is 1. The Labute approximate surface area is 93.5 Å². The monoisotopic (exact) mass is 215 g/mol. The molecule has 1 amide bonds. The summed E-state index contributed by atoms with van der Waals surface area (Å²) >= 11 is 0. The third-order valence-electron chi connectivity index (χ3n) is 2.27. The Morgan fingerprint density at radius 2 is 2.19 bits per heavy atom. The van der Waals surface area contributed by atoms with E-state index in [-0.39, 0.29) is 5.91 Å². The largest absolute Gasteiger partial charge is 0.348 e. The van der Waals surface area contributed by atoms with Gasteiger partial charge in [0.05, 0.1) is 0 Å². The predicted molar refractivity (Wildman–Crippen MR) is 63.1 cm³/mol. The van der Waals surface area contributed by atoms with Gasteiger partial charge >= 0.3 is 0 Å². The first-order chi connectivity index (χ1) is 7.79. The number of nitrogens with one attached hydrogen (secondary N) is 2. The fraction of sp³-hybridized carbons (Fsp3) is 0.0833. The molecule has 0 aliphatic rings. The highest BCUT2D eigenvalue weighted by molar-refractivity contribution is 6.03. The zero-order chi connectivity index (χ0) is 11.4. The Morgan fingerprint density at radius 1 is 1.31 bits per heavy atom. The smallest absolute Gasteiger partial charge is 0.256 e. The zero-order valence-corrected chi connectivity index (χ0v) is 8.73. The molecular weight excluding hydrogens is 202 g/mol. The number of hydrogen-bond donors (Lipinski definition) is 3. The van der Waals surface area contributed by atoms with Crippen LogP contribution >= 0.6 is 0 Å². The van der Waals surface area contributed by atoms with Crippen LogP contribution in [0, 0.1) is 0 Å². The second-order valence-electron chi connectivity index (χ2n) is 3.44. The normalized spacial score (nSPS) is 10.1. The van der Waals surface area contributed by atoms with Crippen LogP contribution in [0.15, 0.2) is 42.6 Å². The summed E-state index contributed by atoms with van der Waals surface area (Å²) in [5.74, 6) is 0.543. The number of rotatable bonds is 3. The highest BCUT2D eigenvalue weighted by Crippen LogP contribution is 2.08. The van der Waals surface area contributed by atoms with Gasteiger partial charge in [-0.05, 0) is 29.8 Å². The minimum Gasteiger partial charge on any atom is -0.348 e. The topological polar surface area (TPSA) is 70.9 Å². The number of amides is 1. The average Bonchev–Trinajstić information content (AvgIpc) is 2.82. The predicted octanol–water partition coefficient (Wildman–Crippen LogP) is 1.73. The van der Waals surface area contributed by atoms with Gasteiger partial charge in [-0.2, -0.15) is 0 Å². The van der Waals surface area contributed by atoms with Gasteiger partial charge in [0.2, 0.25) is 0 Å². The lowest BCUT2D eigenvalue weighted by atomic mass is 10.1. The first-order valence-corrected chi connectivity index (χ1v) is 5.03. The molecule has 16 heavy (non-hydrogen) atoms. The molecule has 4 N–H and O–H groups in total. The molecule has 82 valence electrons. The zero-order valence-electron chi connectivity index (χ0n) is 8.73. The van der Waals surface area contributed by atoms with E-state index in [0.29, 0.717) is 17.9 Å². The number of anilines is 1. The van der Waals surface area contributed by atoms with Crippen molar-refractivity contribution in [3.05, 3.63) is 53.7 Å². The van der Waals surface area contributed by atoms with Gasteiger partial charge in [-0.3, -0.25) is 4.79 Å². The van der Waals surface area contributed by atoms with Crippen LogP contribution in [0.1, 0.15) is 15.9 Å². The molecule has 0 fully saturated rings. The number of carbonyl (C=O) groups excluding carboxylic acids is 1. The van der Waals surface area contributed by atoms with E-state index in [9.17, 15) is 4.79 Å². The average molecular weight is 215 g/mol. The molecule has 1 heterocycles. The van der Waals surface area contributed by atoms with Crippen molar-refractivity contribution in [3.63, 3.8) is 0 Å². The van der Waals surface area contributed by atoms with Crippen LogP contribution in [0.2, 0.25) is 0 Å². The molecule has 0 aliphatic heterocycles. The van der Waals surface area contributed by atoms with Crippen molar-refractivity contribution in [2.24, 2.45) is 5.73 Å². The van der Waals surface area contributed by atoms with Crippen LogP contribution in [0.25, 0.3) is 0 Å². The number of hydrogen-bond acceptors (Lipinski definition) is 2. The minimum absolute atomic E-state index is 0.141. The lowest BCUT2D eigenvalue weighted by Gasteiger charge is -2.04. The maximum atomic E-state index is 11.8. The van der Waals surface area contributed by atoms with Crippen molar-refractivity contribution >= 4 is 11.7 Å². The van der Waals surface area contributed by atoms with Gasteiger partial charge in [-0.1, -0.05) is 12.1 Å². The second kappa shape index (κ2) is 4.63. The molecule has 0 atom stereocenters. The summed E-state index contributed by atoms with van der Waals surface area (Å²) in [6.45, 7) is 0.434. The van der Waals surface area contributed by atoms with Gasteiger partial charge in [0.25, 0.3) is 5.91 Å². The van der Waals surface area contributed by atoms with Crippen LogP contribution in [0.5, 0.6) is 0 Å². The molecule has 0 saturated heterocycles. The van der Waals surface area contributed by atoms with E-state index in [1.807, 2.05) is 18.2 Å². The van der Waals surface area contributed by atoms with Crippen LogP contribution in [-0.2, 0) is 6.54 Å². The van der Waals surface area contributed by atoms with Crippen molar-refractivity contribution in [1.29, 1.82) is 0 Å². The molecule has 0 spiro atoms. The maximum absolute atomic E-state index is 11.8. The highest BCUT2D eigenvalue weighted by Gasteiger charge is 2.06. The second-order valence-corrected chi connectivity index (χ2v) is 3.44. The third kappa shape index (κ3) is 2.29. The molecule has 2 aromatic rings. The lowest BCUT2D eigenvalue weighted by Crippen LogP contribution is -2.12. The molecule has 2 rings (SSSR count). The van der Waals surface area contributed by atoms with Gasteiger partial charge in [-0.25, -0.2) is 0 Å². The summed E-state index contributed by atoms with van der Waals surface area (Å²) in [7, 11) is 0. The molecule has 1 aromatic heterocycles. The van der Waals surface area contributed by atoms with Crippen LogP contribution in [0.4, 0.5) is 5.82 Å². The van der Waals surface area contributed by atoms with Gasteiger partial charge < -0.3 is 16.0 Å². The number of benzene rings is 1. The lowest BCUT2D eigenvalue weighted by molar-refractivity contribution is 0.102. The van der Waals surface area contributed by atoms with Crippen molar-refractivity contribution < 1.29 is 4.79 Å². The summed E-state index contributed by atoms with van der Waals surface area (Å²) in [5, 5.41) is 2.75. The molecule has 0 saturated carbocycles. The first kappa shape index (κ1) is 10.4. The summed E-state index contributed by atoms with van der Waals surface area (Å²) in [4.78, 5) is 14.7. The summed E-state index contributed by atoms with van der Waals surface area (Å²) in [6.07, 6.45) is 1.76. The standard InChI is InChI=1S/C12H13N3O/c13-8-9-3-1-4-10(7-9)12(16)15-11-5-2-6-14-11/h1-7,14H,8,13H2,(H,15,16). The van der Waals surface area contributed by atoms with Crippen molar-refractivity contribution in [2.45, 2.75) is 6.54 Å². The molecule has 1 aromatic carbocycles. The molecular formula is C12H13N3O. The van der Waals surface area contributed by atoms with E-state index in [0.717, 1.165) is 5.56 Å². The van der Waals surface area contributed by atoms with Crippen LogP contribution in [-0.4, -0.2) is 10.9 Å². The summed E-state index contributed by atoms with van der Waals surface area (Å²) in [6, 6.07) is 10.9. The fourth-order valence-corrected chi connectivity index (χ4v) is 1.44. The van der Waals surface area contributed by atoms with E-state index < -0.39 is 0 Å². The Bertz CT molecular complexity index is 477. The highest BCUT2D eigenvalue weighted by atomic mass is 16.1. The minimum atomic E-state index is -0.141. The van der Waals surface area contributed by atoms with Gasteiger partial charge in [0, 0.05) is 18.3 Å². The van der Waals surface area contributed by atoms with E-state index >= 15 is 0 Å². The number of aromatic nitrogens is 1. The molecule has 0 radical (unpaired) electrons. The summed E-state index contributed by atoms with van der Waals surface area (Å²) in [5.41, 5.74) is 7.07. The van der Waals surface area contributed by atoms with E-state index in [2.05, 4.69) is 10.3 Å². The maximum Gasteiger partial charge on any atom is 0.256 e. The molecule has 0 bridgehead atoms. The van der Waals surface area contributed by atoms with Gasteiger partial charge in [0.1, 0.15) is 5.82 Å². The first-order valence-electron chi connectivity index (χ1n) is 5.03. The molecule has 4 nitrogen and oxygen atoms in total. The third-order valence-corrected chi connectivity index (χ3v) is 2.27. The SMILES string of the molecule is NCc1cccc(C(=O)Nc2ccc[nH]2)c1. The van der Waals surface area contributed by atoms with Crippen molar-refractivity contribution in [2.75, 3.05) is 5.32 Å². The van der Waals surface area contributed by atoms with Gasteiger partial charge in [-0.15, -0.1) is 0 Å². The molecule has 0 aliphatic carbocycles. The fourth-order valence-electron chi connectivity index (χ4n) is 1.44. The Morgan fingerprint density at radius 3 is 2.88 bits per heavy atom. The van der Waals surface area contributed by atoms with Crippen LogP contribution in [0.3, 0.4) is 0 Å². The van der Waals surface area contributed by atoms with Crippen molar-refractivity contribution in [1.82, 2.24) is 4.98 Å². The molecule has 4 heteroatoms. The Balaban J connectivity index is 2.14. The molecule has 0 unspecified atom stereocenters. The van der Waals surface area contributed by atoms with Crippen molar-refractivity contribution in [3.8, 4) is 0 Å². The van der Waals surface area contributed by atoms with E-state index in [1.54, 1.807) is 24.4 Å². The Kier molecular flexibility index (Phi) is 3.03. The van der Waals surface area contributed by atoms with Gasteiger partial charge in [0.15, 0.2) is 0 Å². The quantitative estimate of drug-likeness (QED) is 0.729. The number of aromatic amines is 1.